The Kier molecular flexibility index (Phi) is 7.76. The smallest absolute Gasteiger partial charge is 0.251 e. The molecule has 2 rings (SSSR count). The van der Waals surface area contributed by atoms with Gasteiger partial charge in [-0.15, -0.1) is 11.3 Å². The maximum atomic E-state index is 12.2. The van der Waals surface area contributed by atoms with Crippen LogP contribution in [0, 0.1) is 0 Å². The Morgan fingerprint density at radius 3 is 2.50 bits per heavy atom. The maximum Gasteiger partial charge on any atom is 0.251 e. The molecule has 0 atom stereocenters. The van der Waals surface area contributed by atoms with Crippen LogP contribution in [-0.4, -0.2) is 11.8 Å². The van der Waals surface area contributed by atoms with Crippen LogP contribution in [0.1, 0.15) is 91.9 Å². The van der Waals surface area contributed by atoms with Crippen molar-refractivity contribution in [3.63, 3.8) is 0 Å². The van der Waals surface area contributed by atoms with E-state index in [1.54, 1.807) is 11.3 Å². The molecule has 1 aromatic heterocycles. The highest BCUT2D eigenvalue weighted by molar-refractivity contribution is 7.17. The Balaban J connectivity index is 1.91. The second-order valence-corrected chi connectivity index (χ2v) is 7.80. The average molecular weight is 351 g/mol. The van der Waals surface area contributed by atoms with E-state index in [4.69, 9.17) is 5.73 Å². The third-order valence-electron chi connectivity index (χ3n) is 4.68. The van der Waals surface area contributed by atoms with Crippen LogP contribution in [0.3, 0.4) is 0 Å². The van der Waals surface area contributed by atoms with E-state index in [0.717, 1.165) is 44.1 Å². The zero-order valence-electron chi connectivity index (χ0n) is 14.8. The Bertz CT molecular complexity index is 566. The SMILES string of the molecule is CCCCCCCCC(=O)Nc1sc2c(c1C(N)=O)CCCCC2. The van der Waals surface area contributed by atoms with Crippen molar-refractivity contribution in [2.75, 3.05) is 5.32 Å². The number of nitrogens with two attached hydrogens (primary N) is 1. The molecule has 2 amide bonds. The minimum atomic E-state index is -0.413. The molecule has 0 spiro atoms. The largest absolute Gasteiger partial charge is 0.365 e. The van der Waals surface area contributed by atoms with Gasteiger partial charge in [-0.3, -0.25) is 9.59 Å². The molecule has 0 bridgehead atoms. The number of anilines is 1. The van der Waals surface area contributed by atoms with Crippen molar-refractivity contribution in [1.29, 1.82) is 0 Å². The van der Waals surface area contributed by atoms with Crippen molar-refractivity contribution in [3.05, 3.63) is 16.0 Å². The van der Waals surface area contributed by atoms with E-state index in [1.807, 2.05) is 0 Å². The minimum Gasteiger partial charge on any atom is -0.365 e. The zero-order chi connectivity index (χ0) is 17.4. The van der Waals surface area contributed by atoms with Gasteiger partial charge < -0.3 is 11.1 Å². The molecule has 1 heterocycles. The molecule has 1 aliphatic rings. The lowest BCUT2D eigenvalue weighted by Gasteiger charge is -2.06. The van der Waals surface area contributed by atoms with Crippen LogP contribution < -0.4 is 11.1 Å². The van der Waals surface area contributed by atoms with Gasteiger partial charge in [0.15, 0.2) is 0 Å². The summed E-state index contributed by atoms with van der Waals surface area (Å²) in [6, 6.07) is 0. The standard InChI is InChI=1S/C19H30N2O2S/c1-2-3-4-5-6-10-13-16(22)21-19-17(18(20)23)14-11-8-7-9-12-15(14)24-19/h2-13H2,1H3,(H2,20,23)(H,21,22). The molecule has 0 aromatic carbocycles. The first-order valence-corrected chi connectivity index (χ1v) is 10.2. The first kappa shape index (κ1) is 19.0. The van der Waals surface area contributed by atoms with E-state index >= 15 is 0 Å². The maximum absolute atomic E-state index is 12.2. The number of fused-ring (bicyclic) bond motifs is 1. The normalized spacial score (nSPS) is 14.0. The van der Waals surface area contributed by atoms with E-state index in [0.29, 0.717) is 17.0 Å². The molecule has 0 fully saturated rings. The fourth-order valence-electron chi connectivity index (χ4n) is 3.35. The lowest BCUT2D eigenvalue weighted by molar-refractivity contribution is -0.116. The number of carbonyl (C=O) groups excluding carboxylic acids is 2. The molecule has 134 valence electrons. The Morgan fingerprint density at radius 2 is 1.75 bits per heavy atom. The van der Waals surface area contributed by atoms with Crippen molar-refractivity contribution < 1.29 is 9.59 Å². The van der Waals surface area contributed by atoms with Gasteiger partial charge in [0.2, 0.25) is 5.91 Å². The molecule has 1 aromatic rings. The Labute approximate surface area is 149 Å². The summed E-state index contributed by atoms with van der Waals surface area (Å²) in [6.45, 7) is 2.20. The number of hydrogen-bond acceptors (Lipinski definition) is 3. The van der Waals surface area contributed by atoms with Gasteiger partial charge in [-0.25, -0.2) is 0 Å². The third kappa shape index (κ3) is 5.33. The van der Waals surface area contributed by atoms with Gasteiger partial charge in [-0.05, 0) is 37.7 Å². The number of carbonyl (C=O) groups is 2. The average Bonchev–Trinajstić information content (AvgIpc) is 2.72. The molecule has 0 aliphatic heterocycles. The van der Waals surface area contributed by atoms with Crippen LogP contribution >= 0.6 is 11.3 Å². The van der Waals surface area contributed by atoms with Crippen molar-refractivity contribution >= 4 is 28.2 Å². The predicted molar refractivity (Wildman–Crippen MR) is 101 cm³/mol. The van der Waals surface area contributed by atoms with Gasteiger partial charge in [-0.1, -0.05) is 45.4 Å². The second-order valence-electron chi connectivity index (χ2n) is 6.70. The van der Waals surface area contributed by atoms with Gasteiger partial charge in [0.05, 0.1) is 5.56 Å². The highest BCUT2D eigenvalue weighted by Crippen LogP contribution is 2.37. The molecule has 0 unspecified atom stereocenters. The Morgan fingerprint density at radius 1 is 1.04 bits per heavy atom. The van der Waals surface area contributed by atoms with Crippen LogP contribution in [0.5, 0.6) is 0 Å². The number of aryl methyl sites for hydroxylation is 1. The summed E-state index contributed by atoms with van der Waals surface area (Å²) in [5.74, 6) is -0.409. The predicted octanol–water partition coefficient (Wildman–Crippen LogP) is 4.81. The monoisotopic (exact) mass is 350 g/mol. The van der Waals surface area contributed by atoms with Crippen molar-refractivity contribution in [2.45, 2.75) is 84.0 Å². The van der Waals surface area contributed by atoms with Crippen molar-refractivity contribution in [2.24, 2.45) is 5.73 Å². The molecule has 4 nitrogen and oxygen atoms in total. The summed E-state index contributed by atoms with van der Waals surface area (Å²) in [5.41, 5.74) is 7.24. The van der Waals surface area contributed by atoms with Crippen LogP contribution in [-0.2, 0) is 17.6 Å². The lowest BCUT2D eigenvalue weighted by atomic mass is 10.1. The van der Waals surface area contributed by atoms with E-state index in [9.17, 15) is 9.59 Å². The summed E-state index contributed by atoms with van der Waals surface area (Å²) in [6.07, 6.45) is 12.8. The fraction of sp³-hybridized carbons (Fsp3) is 0.684. The first-order chi connectivity index (χ1) is 11.6. The summed E-state index contributed by atoms with van der Waals surface area (Å²) in [7, 11) is 0. The van der Waals surface area contributed by atoms with Crippen LogP contribution in [0.25, 0.3) is 0 Å². The van der Waals surface area contributed by atoms with Crippen LogP contribution in [0.2, 0.25) is 0 Å². The fourth-order valence-corrected chi connectivity index (χ4v) is 4.66. The lowest BCUT2D eigenvalue weighted by Crippen LogP contribution is -2.17. The van der Waals surface area contributed by atoms with Crippen LogP contribution in [0.4, 0.5) is 5.00 Å². The van der Waals surface area contributed by atoms with Gasteiger partial charge in [-0.2, -0.15) is 0 Å². The van der Waals surface area contributed by atoms with E-state index < -0.39 is 5.91 Å². The van der Waals surface area contributed by atoms with Gasteiger partial charge in [0.1, 0.15) is 5.00 Å². The number of unbranched alkanes of at least 4 members (excludes halogenated alkanes) is 5. The quantitative estimate of drug-likeness (QED) is 0.496. The summed E-state index contributed by atoms with van der Waals surface area (Å²) >= 11 is 1.55. The van der Waals surface area contributed by atoms with E-state index in [-0.39, 0.29) is 5.91 Å². The van der Waals surface area contributed by atoms with E-state index in [1.165, 1.54) is 37.0 Å². The summed E-state index contributed by atoms with van der Waals surface area (Å²) in [5, 5.41) is 3.62. The number of amides is 2. The number of nitrogens with one attached hydrogen (secondary N) is 1. The highest BCUT2D eigenvalue weighted by atomic mass is 32.1. The topological polar surface area (TPSA) is 72.2 Å². The first-order valence-electron chi connectivity index (χ1n) is 9.37. The molecule has 0 saturated carbocycles. The van der Waals surface area contributed by atoms with Gasteiger partial charge >= 0.3 is 0 Å². The molecular weight excluding hydrogens is 320 g/mol. The molecule has 5 heteroatoms. The molecule has 3 N–H and O–H groups in total. The number of hydrogen-bond donors (Lipinski definition) is 2. The third-order valence-corrected chi connectivity index (χ3v) is 5.89. The number of primary amides is 1. The van der Waals surface area contributed by atoms with Crippen LogP contribution in [0.15, 0.2) is 0 Å². The molecule has 0 radical (unpaired) electrons. The van der Waals surface area contributed by atoms with Gasteiger partial charge in [0.25, 0.3) is 5.91 Å². The molecular formula is C19H30N2O2S. The van der Waals surface area contributed by atoms with Crippen molar-refractivity contribution in [1.82, 2.24) is 0 Å². The highest BCUT2D eigenvalue weighted by Gasteiger charge is 2.24. The summed E-state index contributed by atoms with van der Waals surface area (Å²) in [4.78, 5) is 25.3. The molecule has 1 aliphatic carbocycles. The second kappa shape index (κ2) is 9.82. The zero-order valence-corrected chi connectivity index (χ0v) is 15.6. The minimum absolute atomic E-state index is 0.00407. The Hall–Kier alpha value is -1.36. The van der Waals surface area contributed by atoms with E-state index in [2.05, 4.69) is 12.2 Å². The van der Waals surface area contributed by atoms with Crippen molar-refractivity contribution in [3.8, 4) is 0 Å². The molecule has 24 heavy (non-hydrogen) atoms. The summed E-state index contributed by atoms with van der Waals surface area (Å²) < 4.78 is 0. The number of thiophene rings is 1. The van der Waals surface area contributed by atoms with Gasteiger partial charge in [0, 0.05) is 11.3 Å². The molecule has 0 saturated heterocycles. The number of rotatable bonds is 9.